The number of aromatic hydroxyl groups is 1. The number of hydrogen-bond acceptors (Lipinski definition) is 7. The van der Waals surface area contributed by atoms with Crippen LogP contribution in [0.3, 0.4) is 0 Å². The number of ether oxygens (including phenoxy) is 2. The number of benzene rings is 1. The molecule has 178 valence electrons. The first-order chi connectivity index (χ1) is 16.2. The highest BCUT2D eigenvalue weighted by molar-refractivity contribution is 5.89. The fourth-order valence-corrected chi connectivity index (χ4v) is 5.17. The summed E-state index contributed by atoms with van der Waals surface area (Å²) < 4.78 is 13.3. The molecule has 8 heteroatoms. The number of rotatable bonds is 5. The van der Waals surface area contributed by atoms with Crippen LogP contribution in [0.25, 0.3) is 22.3 Å². The number of phenols is 1. The van der Waals surface area contributed by atoms with Crippen LogP contribution in [0.1, 0.15) is 49.4 Å². The second-order valence-electron chi connectivity index (χ2n) is 9.60. The Bertz CT molecular complexity index is 1390. The number of nitrogens with zero attached hydrogens (tertiary/aromatic N) is 3. The highest BCUT2D eigenvalue weighted by Gasteiger charge is 2.48. The Labute approximate surface area is 197 Å². The van der Waals surface area contributed by atoms with Crippen LogP contribution in [0.15, 0.2) is 29.1 Å². The molecule has 1 N–H and O–H groups in total. The molecule has 1 aromatic carbocycles. The number of pyridine rings is 2. The van der Waals surface area contributed by atoms with Gasteiger partial charge in [-0.3, -0.25) is 4.79 Å². The van der Waals surface area contributed by atoms with Gasteiger partial charge in [-0.15, -0.1) is 0 Å². The molecule has 0 saturated heterocycles. The minimum atomic E-state index is -1.32. The first kappa shape index (κ1) is 22.6. The third-order valence-electron chi connectivity index (χ3n) is 6.66. The summed E-state index contributed by atoms with van der Waals surface area (Å²) in [5, 5.41) is 11.3. The molecule has 2 aliphatic rings. The van der Waals surface area contributed by atoms with Gasteiger partial charge >= 0.3 is 5.97 Å². The van der Waals surface area contributed by atoms with E-state index in [1.165, 1.54) is 0 Å². The van der Waals surface area contributed by atoms with Crippen LogP contribution in [-0.4, -0.2) is 45.7 Å². The quantitative estimate of drug-likeness (QED) is 0.454. The molecule has 5 rings (SSSR count). The van der Waals surface area contributed by atoms with Crippen LogP contribution in [0.5, 0.6) is 5.75 Å². The predicted molar refractivity (Wildman–Crippen MR) is 128 cm³/mol. The fraction of sp³-hybridized carbons (Fsp3) is 0.423. The van der Waals surface area contributed by atoms with Crippen molar-refractivity contribution in [2.24, 2.45) is 0 Å². The van der Waals surface area contributed by atoms with E-state index in [9.17, 15) is 14.7 Å². The second-order valence-corrected chi connectivity index (χ2v) is 9.60. The van der Waals surface area contributed by atoms with Crippen molar-refractivity contribution in [2.45, 2.75) is 58.6 Å². The second kappa shape index (κ2) is 7.92. The first-order valence-electron chi connectivity index (χ1n) is 11.6. The van der Waals surface area contributed by atoms with Crippen molar-refractivity contribution in [1.82, 2.24) is 14.5 Å². The van der Waals surface area contributed by atoms with Gasteiger partial charge in [-0.25, -0.2) is 9.78 Å². The van der Waals surface area contributed by atoms with Crippen molar-refractivity contribution < 1.29 is 19.4 Å². The molecule has 0 bridgehead atoms. The molecule has 8 nitrogen and oxygen atoms in total. The maximum Gasteiger partial charge on any atom is 0.343 e. The summed E-state index contributed by atoms with van der Waals surface area (Å²) in [6, 6.07) is 7.35. The predicted octanol–water partition coefficient (Wildman–Crippen LogP) is 3.28. The van der Waals surface area contributed by atoms with Crippen LogP contribution in [-0.2, 0) is 39.6 Å². The molecular weight excluding hydrogens is 434 g/mol. The SMILES string of the molecule is CCC1(OC(C)C)C(=O)OCc2c1cc1n(c2=O)Cc2cc3c(CN(C)C)c(O)ccc3nc2-1. The average molecular weight is 464 g/mol. The Morgan fingerprint density at radius 1 is 1.26 bits per heavy atom. The highest BCUT2D eigenvalue weighted by Crippen LogP contribution is 2.42. The molecule has 0 amide bonds. The van der Waals surface area contributed by atoms with Gasteiger partial charge < -0.3 is 24.0 Å². The van der Waals surface area contributed by atoms with Gasteiger partial charge in [0, 0.05) is 28.6 Å². The van der Waals surface area contributed by atoms with Gasteiger partial charge in [0.2, 0.25) is 0 Å². The molecule has 0 radical (unpaired) electrons. The molecule has 34 heavy (non-hydrogen) atoms. The lowest BCUT2D eigenvalue weighted by Crippen LogP contribution is -2.47. The summed E-state index contributed by atoms with van der Waals surface area (Å²) in [5.41, 5.74) is 3.34. The number of cyclic esters (lactones) is 1. The van der Waals surface area contributed by atoms with Gasteiger partial charge in [0.15, 0.2) is 5.60 Å². The Balaban J connectivity index is 1.74. The van der Waals surface area contributed by atoms with E-state index in [0.717, 1.165) is 22.0 Å². The lowest BCUT2D eigenvalue weighted by Gasteiger charge is -2.37. The zero-order chi connectivity index (χ0) is 24.4. The van der Waals surface area contributed by atoms with Crippen LogP contribution < -0.4 is 5.56 Å². The van der Waals surface area contributed by atoms with Crippen molar-refractivity contribution in [1.29, 1.82) is 0 Å². The third-order valence-corrected chi connectivity index (χ3v) is 6.66. The molecule has 0 saturated carbocycles. The van der Waals surface area contributed by atoms with Crippen molar-refractivity contribution in [2.75, 3.05) is 14.1 Å². The van der Waals surface area contributed by atoms with Gasteiger partial charge in [0.25, 0.3) is 5.56 Å². The number of aromatic nitrogens is 2. The number of esters is 1. The van der Waals surface area contributed by atoms with Crippen molar-refractivity contribution >= 4 is 16.9 Å². The Hall–Kier alpha value is -3.23. The van der Waals surface area contributed by atoms with E-state index < -0.39 is 11.6 Å². The normalized spacial score (nSPS) is 18.9. The maximum absolute atomic E-state index is 13.6. The Morgan fingerprint density at radius 3 is 2.71 bits per heavy atom. The summed E-state index contributed by atoms with van der Waals surface area (Å²) >= 11 is 0. The molecule has 4 heterocycles. The number of phenolic OH excluding ortho intramolecular Hbond substituents is 1. The number of carbonyl (C=O) groups excluding carboxylic acids is 1. The van der Waals surface area contributed by atoms with E-state index in [2.05, 4.69) is 0 Å². The van der Waals surface area contributed by atoms with Gasteiger partial charge in [-0.05, 0) is 58.6 Å². The van der Waals surface area contributed by atoms with Crippen LogP contribution >= 0.6 is 0 Å². The lowest BCUT2D eigenvalue weighted by molar-refractivity contribution is -0.187. The molecule has 0 aliphatic carbocycles. The molecule has 2 aliphatic heterocycles. The first-order valence-corrected chi connectivity index (χ1v) is 11.6. The van der Waals surface area contributed by atoms with E-state index in [1.807, 2.05) is 51.9 Å². The molecule has 0 spiro atoms. The molecule has 2 aromatic heterocycles. The third kappa shape index (κ3) is 3.24. The zero-order valence-corrected chi connectivity index (χ0v) is 20.1. The number of hydrogen-bond donors (Lipinski definition) is 1. The molecule has 0 fully saturated rings. The van der Waals surface area contributed by atoms with E-state index in [-0.39, 0.29) is 24.0 Å². The minimum Gasteiger partial charge on any atom is -0.508 e. The average Bonchev–Trinajstić information content (AvgIpc) is 3.14. The zero-order valence-electron chi connectivity index (χ0n) is 20.1. The van der Waals surface area contributed by atoms with E-state index in [0.29, 0.717) is 42.0 Å². The smallest absolute Gasteiger partial charge is 0.343 e. The van der Waals surface area contributed by atoms with E-state index in [4.69, 9.17) is 14.5 Å². The summed E-state index contributed by atoms with van der Waals surface area (Å²) in [6.07, 6.45) is 0.122. The van der Waals surface area contributed by atoms with Crippen LogP contribution in [0.2, 0.25) is 0 Å². The Kier molecular flexibility index (Phi) is 5.26. The minimum absolute atomic E-state index is 0.0664. The Morgan fingerprint density at radius 2 is 2.03 bits per heavy atom. The number of fused-ring (bicyclic) bond motifs is 5. The van der Waals surface area contributed by atoms with Gasteiger partial charge in [0.05, 0.1) is 35.1 Å². The molecular formula is C26H29N3O5. The summed E-state index contributed by atoms with van der Waals surface area (Å²) in [5.74, 6) is -0.241. The van der Waals surface area contributed by atoms with Crippen molar-refractivity contribution in [3.05, 3.63) is 56.9 Å². The van der Waals surface area contributed by atoms with E-state index in [1.54, 1.807) is 16.7 Å². The monoisotopic (exact) mass is 463 g/mol. The summed E-state index contributed by atoms with van der Waals surface area (Å²) in [4.78, 5) is 33.4. The van der Waals surface area contributed by atoms with Crippen LogP contribution in [0, 0.1) is 0 Å². The van der Waals surface area contributed by atoms with Gasteiger partial charge in [-0.2, -0.15) is 0 Å². The summed E-state index contributed by atoms with van der Waals surface area (Å²) in [7, 11) is 3.89. The fourth-order valence-electron chi connectivity index (χ4n) is 5.17. The van der Waals surface area contributed by atoms with E-state index >= 15 is 0 Å². The largest absolute Gasteiger partial charge is 0.508 e. The highest BCUT2D eigenvalue weighted by atomic mass is 16.6. The number of carbonyl (C=O) groups is 1. The standard InChI is InChI=1S/C26H29N3O5/c1-6-26(34-14(2)3)19-10-21-23-15(11-29(21)24(31)18(19)13-33-25(26)32)9-16-17(12-28(4)5)22(30)8-7-20(16)27-23/h7-10,14,30H,6,11-13H2,1-5H3. The topological polar surface area (TPSA) is 93.9 Å². The molecule has 3 aromatic rings. The van der Waals surface area contributed by atoms with Crippen molar-refractivity contribution in [3.8, 4) is 17.1 Å². The van der Waals surface area contributed by atoms with Gasteiger partial charge in [-0.1, -0.05) is 6.92 Å². The summed E-state index contributed by atoms with van der Waals surface area (Å²) in [6.45, 7) is 6.46. The lowest BCUT2D eigenvalue weighted by atomic mass is 9.85. The van der Waals surface area contributed by atoms with Crippen molar-refractivity contribution in [3.63, 3.8) is 0 Å². The molecule has 1 atom stereocenters. The van der Waals surface area contributed by atoms with Gasteiger partial charge in [0.1, 0.15) is 12.4 Å². The van der Waals surface area contributed by atoms with Crippen LogP contribution in [0.4, 0.5) is 0 Å². The maximum atomic E-state index is 13.6. The molecule has 1 unspecified atom stereocenters.